The van der Waals surface area contributed by atoms with E-state index in [1.165, 1.54) is 0 Å². The Hall–Kier alpha value is -1.58. The molecule has 0 aromatic carbocycles. The van der Waals surface area contributed by atoms with Crippen molar-refractivity contribution in [3.63, 3.8) is 0 Å². The number of hydrogen-bond acceptors (Lipinski definition) is 3. The van der Waals surface area contributed by atoms with E-state index in [-0.39, 0.29) is 5.91 Å². The van der Waals surface area contributed by atoms with Crippen LogP contribution in [0.4, 0.5) is 11.5 Å². The van der Waals surface area contributed by atoms with Gasteiger partial charge in [-0.2, -0.15) is 0 Å². The summed E-state index contributed by atoms with van der Waals surface area (Å²) in [5.41, 5.74) is 0.761. The zero-order valence-corrected chi connectivity index (χ0v) is 11.7. The molecule has 100 valence electrons. The van der Waals surface area contributed by atoms with Gasteiger partial charge in [-0.05, 0) is 31.9 Å². The standard InChI is InChI=1S/C14H23N3O/c1-5-17(6-2)13-8-7-12(10-15-13)16-14(18)9-11(3)4/h7-8,10-11H,5-6,9H2,1-4H3,(H,16,18). The molecule has 0 saturated carbocycles. The smallest absolute Gasteiger partial charge is 0.224 e. The van der Waals surface area contributed by atoms with Gasteiger partial charge in [0.15, 0.2) is 0 Å². The number of amides is 1. The second-order valence-corrected chi connectivity index (χ2v) is 4.72. The molecular weight excluding hydrogens is 226 g/mol. The molecule has 4 nitrogen and oxygen atoms in total. The van der Waals surface area contributed by atoms with Crippen LogP contribution in [0, 0.1) is 5.92 Å². The molecule has 0 aliphatic heterocycles. The van der Waals surface area contributed by atoms with Gasteiger partial charge >= 0.3 is 0 Å². The van der Waals surface area contributed by atoms with Gasteiger partial charge in [0.05, 0.1) is 11.9 Å². The average Bonchev–Trinajstić information content (AvgIpc) is 2.31. The number of anilines is 2. The van der Waals surface area contributed by atoms with Crippen LogP contribution in [-0.4, -0.2) is 24.0 Å². The highest BCUT2D eigenvalue weighted by molar-refractivity contribution is 5.90. The monoisotopic (exact) mass is 249 g/mol. The quantitative estimate of drug-likeness (QED) is 0.843. The molecule has 1 amide bonds. The largest absolute Gasteiger partial charge is 0.357 e. The topological polar surface area (TPSA) is 45.2 Å². The average molecular weight is 249 g/mol. The van der Waals surface area contributed by atoms with Gasteiger partial charge < -0.3 is 10.2 Å². The first-order valence-corrected chi connectivity index (χ1v) is 6.57. The summed E-state index contributed by atoms with van der Waals surface area (Å²) < 4.78 is 0. The molecule has 1 heterocycles. The fourth-order valence-corrected chi connectivity index (χ4v) is 1.78. The summed E-state index contributed by atoms with van der Waals surface area (Å²) in [6.45, 7) is 10.1. The van der Waals surface area contributed by atoms with Crippen LogP contribution in [0.1, 0.15) is 34.1 Å². The van der Waals surface area contributed by atoms with Crippen molar-refractivity contribution in [2.75, 3.05) is 23.3 Å². The summed E-state index contributed by atoms with van der Waals surface area (Å²) in [5, 5.41) is 2.86. The molecular formula is C14H23N3O. The van der Waals surface area contributed by atoms with E-state index < -0.39 is 0 Å². The lowest BCUT2D eigenvalue weighted by Gasteiger charge is -2.19. The first-order chi connectivity index (χ1) is 8.56. The molecule has 1 aromatic heterocycles. The number of rotatable bonds is 6. The number of aromatic nitrogens is 1. The predicted molar refractivity (Wildman–Crippen MR) is 75.9 cm³/mol. The Morgan fingerprint density at radius 3 is 2.44 bits per heavy atom. The Bertz CT molecular complexity index is 369. The number of carbonyl (C=O) groups is 1. The summed E-state index contributed by atoms with van der Waals surface area (Å²) in [6.07, 6.45) is 2.25. The molecule has 0 atom stereocenters. The molecule has 0 fully saturated rings. The number of pyridine rings is 1. The van der Waals surface area contributed by atoms with Gasteiger partial charge in [0, 0.05) is 19.5 Å². The van der Waals surface area contributed by atoms with Crippen LogP contribution in [0.2, 0.25) is 0 Å². The minimum absolute atomic E-state index is 0.0439. The molecule has 0 radical (unpaired) electrons. The molecule has 0 spiro atoms. The van der Waals surface area contributed by atoms with E-state index in [0.717, 1.165) is 24.6 Å². The lowest BCUT2D eigenvalue weighted by atomic mass is 10.1. The van der Waals surface area contributed by atoms with Crippen molar-refractivity contribution in [3.05, 3.63) is 18.3 Å². The molecule has 18 heavy (non-hydrogen) atoms. The van der Waals surface area contributed by atoms with Crippen molar-refractivity contribution in [2.45, 2.75) is 34.1 Å². The zero-order valence-electron chi connectivity index (χ0n) is 11.7. The fraction of sp³-hybridized carbons (Fsp3) is 0.571. The third-order valence-electron chi connectivity index (χ3n) is 2.71. The van der Waals surface area contributed by atoms with Gasteiger partial charge in [0.25, 0.3) is 0 Å². The van der Waals surface area contributed by atoms with Crippen LogP contribution in [-0.2, 0) is 4.79 Å². The van der Waals surface area contributed by atoms with Crippen molar-refractivity contribution in [1.29, 1.82) is 0 Å². The van der Waals surface area contributed by atoms with E-state index in [0.29, 0.717) is 12.3 Å². The fourth-order valence-electron chi connectivity index (χ4n) is 1.78. The SMILES string of the molecule is CCN(CC)c1ccc(NC(=O)CC(C)C)cn1. The van der Waals surface area contributed by atoms with Gasteiger partial charge in [-0.15, -0.1) is 0 Å². The van der Waals surface area contributed by atoms with E-state index in [9.17, 15) is 4.79 Å². The second-order valence-electron chi connectivity index (χ2n) is 4.72. The van der Waals surface area contributed by atoms with Crippen LogP contribution in [0.3, 0.4) is 0 Å². The van der Waals surface area contributed by atoms with Crippen LogP contribution >= 0.6 is 0 Å². The van der Waals surface area contributed by atoms with Gasteiger partial charge in [0.2, 0.25) is 5.91 Å². The normalized spacial score (nSPS) is 10.5. The first kappa shape index (κ1) is 14.5. The summed E-state index contributed by atoms with van der Waals surface area (Å²) in [4.78, 5) is 18.1. The van der Waals surface area contributed by atoms with Crippen LogP contribution in [0.5, 0.6) is 0 Å². The van der Waals surface area contributed by atoms with Crippen LogP contribution < -0.4 is 10.2 Å². The van der Waals surface area contributed by atoms with Crippen LogP contribution in [0.15, 0.2) is 18.3 Å². The van der Waals surface area contributed by atoms with Crippen LogP contribution in [0.25, 0.3) is 0 Å². The highest BCUT2D eigenvalue weighted by Crippen LogP contribution is 2.14. The lowest BCUT2D eigenvalue weighted by molar-refractivity contribution is -0.116. The molecule has 0 saturated heterocycles. The van der Waals surface area contributed by atoms with E-state index >= 15 is 0 Å². The van der Waals surface area contributed by atoms with Crippen molar-refractivity contribution < 1.29 is 4.79 Å². The summed E-state index contributed by atoms with van der Waals surface area (Å²) in [7, 11) is 0. The highest BCUT2D eigenvalue weighted by atomic mass is 16.1. The molecule has 1 aromatic rings. The third kappa shape index (κ3) is 4.35. The molecule has 4 heteroatoms. The molecule has 0 aliphatic carbocycles. The van der Waals surface area contributed by atoms with Gasteiger partial charge in [-0.3, -0.25) is 4.79 Å². The second kappa shape index (κ2) is 6.99. The predicted octanol–water partition coefficient (Wildman–Crippen LogP) is 2.91. The molecule has 0 aliphatic rings. The highest BCUT2D eigenvalue weighted by Gasteiger charge is 2.07. The first-order valence-electron chi connectivity index (χ1n) is 6.57. The molecule has 1 N–H and O–H groups in total. The molecule has 0 unspecified atom stereocenters. The Morgan fingerprint density at radius 2 is 2.00 bits per heavy atom. The minimum atomic E-state index is 0.0439. The number of nitrogens with one attached hydrogen (secondary N) is 1. The van der Waals surface area contributed by atoms with Crippen molar-refractivity contribution in [2.24, 2.45) is 5.92 Å². The van der Waals surface area contributed by atoms with Crippen molar-refractivity contribution in [1.82, 2.24) is 4.98 Å². The van der Waals surface area contributed by atoms with Gasteiger partial charge in [-0.25, -0.2) is 4.98 Å². The van der Waals surface area contributed by atoms with E-state index in [2.05, 4.69) is 29.0 Å². The van der Waals surface area contributed by atoms with Crippen molar-refractivity contribution in [3.8, 4) is 0 Å². The van der Waals surface area contributed by atoms with E-state index in [4.69, 9.17) is 0 Å². The summed E-state index contributed by atoms with van der Waals surface area (Å²) in [6, 6.07) is 3.84. The third-order valence-corrected chi connectivity index (χ3v) is 2.71. The Morgan fingerprint density at radius 1 is 1.33 bits per heavy atom. The Balaban J connectivity index is 2.62. The Kier molecular flexibility index (Phi) is 5.62. The number of nitrogens with zero attached hydrogens (tertiary/aromatic N) is 2. The zero-order chi connectivity index (χ0) is 13.5. The maximum atomic E-state index is 11.6. The van der Waals surface area contributed by atoms with Gasteiger partial charge in [0.1, 0.15) is 5.82 Å². The Labute approximate surface area is 109 Å². The number of carbonyl (C=O) groups excluding carboxylic acids is 1. The van der Waals surface area contributed by atoms with E-state index in [1.807, 2.05) is 26.0 Å². The summed E-state index contributed by atoms with van der Waals surface area (Å²) >= 11 is 0. The minimum Gasteiger partial charge on any atom is -0.357 e. The maximum Gasteiger partial charge on any atom is 0.224 e. The summed E-state index contributed by atoms with van der Waals surface area (Å²) in [5.74, 6) is 1.36. The molecule has 0 bridgehead atoms. The lowest BCUT2D eigenvalue weighted by Crippen LogP contribution is -2.23. The van der Waals surface area contributed by atoms with E-state index in [1.54, 1.807) is 6.20 Å². The maximum absolute atomic E-state index is 11.6. The number of hydrogen-bond donors (Lipinski definition) is 1. The molecule has 1 rings (SSSR count). The van der Waals surface area contributed by atoms with Crippen molar-refractivity contribution >= 4 is 17.4 Å². The van der Waals surface area contributed by atoms with Gasteiger partial charge in [-0.1, -0.05) is 13.8 Å².